The van der Waals surface area contributed by atoms with Gasteiger partial charge < -0.3 is 5.73 Å². The minimum absolute atomic E-state index is 0. The molecule has 0 aliphatic heterocycles. The minimum Gasteiger partial charge on any atom is -0.330 e. The van der Waals surface area contributed by atoms with Gasteiger partial charge in [0.1, 0.15) is 0 Å². The van der Waals surface area contributed by atoms with Crippen molar-refractivity contribution in [2.45, 2.75) is 24.2 Å². The van der Waals surface area contributed by atoms with E-state index in [1.165, 1.54) is 0 Å². The molecule has 4 N–H and O–H groups in total. The van der Waals surface area contributed by atoms with Crippen LogP contribution in [0.3, 0.4) is 0 Å². The van der Waals surface area contributed by atoms with Crippen LogP contribution in [0.25, 0.3) is 0 Å². The normalized spacial score (nSPS) is 13.9. The molecule has 11 heavy (non-hydrogen) atoms. The third kappa shape index (κ3) is 6.36. The monoisotopic (exact) mass is 379 g/mol. The SMILES string of the molecule is CCC(CCN)C(N)(Cl)Cl.[Pt]. The Morgan fingerprint density at radius 3 is 2.00 bits per heavy atom. The van der Waals surface area contributed by atoms with Gasteiger partial charge in [-0.25, -0.2) is 0 Å². The second-order valence-electron chi connectivity index (χ2n) is 2.36. The van der Waals surface area contributed by atoms with Crippen LogP contribution in [0.1, 0.15) is 19.8 Å². The summed E-state index contributed by atoms with van der Waals surface area (Å²) >= 11 is 11.3. The van der Waals surface area contributed by atoms with Crippen LogP contribution in [-0.4, -0.2) is 11.0 Å². The fraction of sp³-hybridized carbons (Fsp3) is 1.00. The molecule has 0 saturated carbocycles. The smallest absolute Gasteiger partial charge is 0.169 e. The van der Waals surface area contributed by atoms with Crippen LogP contribution < -0.4 is 11.5 Å². The second-order valence-corrected chi connectivity index (χ2v) is 3.80. The third-order valence-corrected chi connectivity index (χ3v) is 2.17. The van der Waals surface area contributed by atoms with Crippen LogP contribution in [0.4, 0.5) is 0 Å². The Kier molecular flexibility index (Phi) is 8.92. The first kappa shape index (κ1) is 14.7. The van der Waals surface area contributed by atoms with Crippen molar-refractivity contribution in [1.82, 2.24) is 0 Å². The Morgan fingerprint density at radius 1 is 1.45 bits per heavy atom. The van der Waals surface area contributed by atoms with Gasteiger partial charge in [-0.2, -0.15) is 0 Å². The van der Waals surface area contributed by atoms with E-state index in [1.807, 2.05) is 6.92 Å². The van der Waals surface area contributed by atoms with Crippen LogP contribution in [0.15, 0.2) is 0 Å². The molecule has 0 aromatic carbocycles. The Hall–Kier alpha value is 1.19. The number of alkyl halides is 2. The molecule has 0 aliphatic rings. The van der Waals surface area contributed by atoms with Gasteiger partial charge in [0.25, 0.3) is 0 Å². The maximum Gasteiger partial charge on any atom is 0.169 e. The van der Waals surface area contributed by atoms with Crippen molar-refractivity contribution in [1.29, 1.82) is 0 Å². The van der Waals surface area contributed by atoms with E-state index >= 15 is 0 Å². The second kappa shape index (κ2) is 6.68. The van der Waals surface area contributed by atoms with Gasteiger partial charge >= 0.3 is 0 Å². The van der Waals surface area contributed by atoms with Crippen LogP contribution >= 0.6 is 23.2 Å². The van der Waals surface area contributed by atoms with Crippen molar-refractivity contribution in [3.63, 3.8) is 0 Å². The summed E-state index contributed by atoms with van der Waals surface area (Å²) in [6.07, 6.45) is 1.64. The van der Waals surface area contributed by atoms with E-state index in [0.29, 0.717) is 6.54 Å². The molecule has 0 aromatic heterocycles. The van der Waals surface area contributed by atoms with Crippen molar-refractivity contribution in [2.24, 2.45) is 17.4 Å². The largest absolute Gasteiger partial charge is 0.330 e. The van der Waals surface area contributed by atoms with Crippen LogP contribution in [0.2, 0.25) is 0 Å². The fourth-order valence-electron chi connectivity index (χ4n) is 0.870. The maximum absolute atomic E-state index is 5.67. The van der Waals surface area contributed by atoms with Gasteiger partial charge in [-0.1, -0.05) is 30.1 Å². The van der Waals surface area contributed by atoms with Gasteiger partial charge in [0.15, 0.2) is 4.46 Å². The summed E-state index contributed by atoms with van der Waals surface area (Å²) in [6, 6.07) is 0. The molecule has 0 amide bonds. The topological polar surface area (TPSA) is 52.0 Å². The molecule has 72 valence electrons. The van der Waals surface area contributed by atoms with Gasteiger partial charge in [-0.3, -0.25) is 5.73 Å². The predicted molar refractivity (Wildman–Crippen MR) is 46.1 cm³/mol. The first-order chi connectivity index (χ1) is 4.52. The van der Waals surface area contributed by atoms with Gasteiger partial charge in [0.2, 0.25) is 0 Å². The molecule has 0 fully saturated rings. The minimum atomic E-state index is -1.12. The van der Waals surface area contributed by atoms with Crippen LogP contribution in [0, 0.1) is 5.92 Å². The first-order valence-electron chi connectivity index (χ1n) is 3.39. The quantitative estimate of drug-likeness (QED) is 0.573. The Morgan fingerprint density at radius 2 is 1.91 bits per heavy atom. The van der Waals surface area contributed by atoms with Gasteiger partial charge in [0.05, 0.1) is 0 Å². The average molecular weight is 380 g/mol. The molecule has 0 radical (unpaired) electrons. The Balaban J connectivity index is 0. The van der Waals surface area contributed by atoms with Crippen molar-refractivity contribution in [3.05, 3.63) is 0 Å². The third-order valence-electron chi connectivity index (χ3n) is 1.55. The Bertz CT molecular complexity index is 95.1. The standard InChI is InChI=1S/C6H14Cl2N2.Pt/c1-2-5(3-4-9)6(7,8)10;/h5H,2-4,9-10H2,1H3;. The molecule has 0 spiro atoms. The number of nitrogens with two attached hydrogens (primary N) is 2. The van der Waals surface area contributed by atoms with E-state index in [1.54, 1.807) is 0 Å². The molecule has 0 bridgehead atoms. The molecule has 0 heterocycles. The summed E-state index contributed by atoms with van der Waals surface area (Å²) in [7, 11) is 0. The maximum atomic E-state index is 5.67. The molecular formula is C6H14Cl2N2Pt. The van der Waals surface area contributed by atoms with Gasteiger partial charge in [-0.15, -0.1) is 0 Å². The molecule has 0 aliphatic carbocycles. The number of hydrogen-bond donors (Lipinski definition) is 2. The summed E-state index contributed by atoms with van der Waals surface area (Å²) in [5.74, 6) is 0.0980. The fourth-order valence-corrected chi connectivity index (χ4v) is 1.40. The molecular weight excluding hydrogens is 366 g/mol. The van der Waals surface area contributed by atoms with E-state index in [9.17, 15) is 0 Å². The van der Waals surface area contributed by atoms with Crippen molar-refractivity contribution < 1.29 is 21.1 Å². The molecule has 1 unspecified atom stereocenters. The molecule has 0 saturated heterocycles. The summed E-state index contributed by atoms with van der Waals surface area (Å²) in [4.78, 5) is 0. The summed E-state index contributed by atoms with van der Waals surface area (Å²) in [5, 5.41) is 0. The predicted octanol–water partition coefficient (Wildman–Crippen LogP) is 1.45. The van der Waals surface area contributed by atoms with Crippen molar-refractivity contribution in [3.8, 4) is 0 Å². The molecule has 5 heteroatoms. The average Bonchev–Trinajstić information content (AvgIpc) is 1.80. The van der Waals surface area contributed by atoms with Crippen molar-refractivity contribution in [2.75, 3.05) is 6.54 Å². The zero-order chi connectivity index (χ0) is 8.20. The first-order valence-corrected chi connectivity index (χ1v) is 4.14. The summed E-state index contributed by atoms with van der Waals surface area (Å²) in [6.45, 7) is 2.57. The summed E-state index contributed by atoms with van der Waals surface area (Å²) < 4.78 is -1.12. The Labute approximate surface area is 92.2 Å². The molecule has 2 nitrogen and oxygen atoms in total. The number of halogens is 2. The van der Waals surface area contributed by atoms with Gasteiger partial charge in [0, 0.05) is 27.0 Å². The van der Waals surface area contributed by atoms with Crippen LogP contribution in [-0.2, 0) is 21.1 Å². The van der Waals surface area contributed by atoms with E-state index in [4.69, 9.17) is 34.7 Å². The molecule has 1 atom stereocenters. The summed E-state index contributed by atoms with van der Waals surface area (Å²) in [5.41, 5.74) is 10.8. The van der Waals surface area contributed by atoms with E-state index in [0.717, 1.165) is 12.8 Å². The van der Waals surface area contributed by atoms with E-state index in [2.05, 4.69) is 0 Å². The molecule has 0 rings (SSSR count). The molecule has 0 aromatic rings. The zero-order valence-corrected chi connectivity index (χ0v) is 10.2. The van der Waals surface area contributed by atoms with Crippen molar-refractivity contribution >= 4 is 23.2 Å². The van der Waals surface area contributed by atoms with Crippen LogP contribution in [0.5, 0.6) is 0 Å². The zero-order valence-electron chi connectivity index (χ0n) is 6.43. The van der Waals surface area contributed by atoms with Gasteiger partial charge in [-0.05, 0) is 19.4 Å². The van der Waals surface area contributed by atoms with E-state index < -0.39 is 4.46 Å². The van der Waals surface area contributed by atoms with E-state index in [-0.39, 0.29) is 27.0 Å². The number of hydrogen-bond acceptors (Lipinski definition) is 2. The number of rotatable bonds is 4.